The Balaban J connectivity index is 1.93. The predicted molar refractivity (Wildman–Crippen MR) is 98.8 cm³/mol. The molecule has 0 amide bonds. The van der Waals surface area contributed by atoms with Crippen LogP contribution in [0.1, 0.15) is 18.5 Å². The van der Waals surface area contributed by atoms with Crippen LogP contribution >= 0.6 is 6.89 Å². The second-order valence-electron chi connectivity index (χ2n) is 7.34. The molecule has 0 aromatic carbocycles. The number of ether oxygens (including phenoxy) is 1. The zero-order chi connectivity index (χ0) is 18.5. The van der Waals surface area contributed by atoms with Crippen LogP contribution in [0.5, 0.6) is 0 Å². The fourth-order valence-electron chi connectivity index (χ4n) is 3.01. The topological polar surface area (TPSA) is 102 Å². The molecule has 8 nitrogen and oxygen atoms in total. The van der Waals surface area contributed by atoms with Gasteiger partial charge in [0.25, 0.3) is 5.56 Å². The standard InChI is InChI=1S/C16H25N4O4P/c1-9-18-14-11(15(23)19(9)2)17-8-20(14)16-13(22)12(21)10(24-16)6-7-25(3,4)5/h8,10,12-13,16,21-22H,3,6-7H2,1-2,4-5H3/t10-,12-,13-,16?/m1/s1. The van der Waals surface area contributed by atoms with E-state index >= 15 is 0 Å². The van der Waals surface area contributed by atoms with E-state index in [1.165, 1.54) is 15.5 Å². The van der Waals surface area contributed by atoms with Crippen molar-refractivity contribution in [3.05, 3.63) is 22.5 Å². The maximum Gasteiger partial charge on any atom is 0.281 e. The first-order valence-corrected chi connectivity index (χ1v) is 11.2. The van der Waals surface area contributed by atoms with Gasteiger partial charge in [-0.25, -0.2) is 9.97 Å². The summed E-state index contributed by atoms with van der Waals surface area (Å²) in [5.41, 5.74) is 0.309. The van der Waals surface area contributed by atoms with Crippen molar-refractivity contribution in [2.45, 2.75) is 37.9 Å². The third kappa shape index (κ3) is 3.31. The Morgan fingerprint density at radius 3 is 2.68 bits per heavy atom. The summed E-state index contributed by atoms with van der Waals surface area (Å²) in [6, 6.07) is 0. The lowest BCUT2D eigenvalue weighted by atomic mass is 10.1. The Morgan fingerprint density at radius 1 is 1.36 bits per heavy atom. The van der Waals surface area contributed by atoms with Gasteiger partial charge in [0, 0.05) is 7.05 Å². The van der Waals surface area contributed by atoms with Crippen molar-refractivity contribution in [2.75, 3.05) is 19.5 Å². The van der Waals surface area contributed by atoms with Gasteiger partial charge in [0.2, 0.25) is 0 Å². The van der Waals surface area contributed by atoms with E-state index in [2.05, 4.69) is 29.6 Å². The molecule has 0 saturated carbocycles. The molecule has 3 rings (SSSR count). The highest BCUT2D eigenvalue weighted by molar-refractivity contribution is 7.72. The highest BCUT2D eigenvalue weighted by Crippen LogP contribution is 2.39. The van der Waals surface area contributed by atoms with Gasteiger partial charge in [-0.3, -0.25) is 13.9 Å². The lowest BCUT2D eigenvalue weighted by molar-refractivity contribution is -0.0353. The van der Waals surface area contributed by atoms with Crippen LogP contribution in [0.2, 0.25) is 0 Å². The number of hydrogen-bond donors (Lipinski definition) is 2. The number of fused-ring (bicyclic) bond motifs is 1. The molecule has 138 valence electrons. The zero-order valence-corrected chi connectivity index (χ0v) is 15.8. The van der Waals surface area contributed by atoms with E-state index in [1.54, 1.807) is 14.0 Å². The van der Waals surface area contributed by atoms with E-state index in [4.69, 9.17) is 4.74 Å². The molecule has 1 unspecified atom stereocenters. The Labute approximate surface area is 146 Å². The van der Waals surface area contributed by atoms with Crippen molar-refractivity contribution in [2.24, 2.45) is 7.05 Å². The maximum atomic E-state index is 12.3. The monoisotopic (exact) mass is 368 g/mol. The van der Waals surface area contributed by atoms with E-state index in [0.29, 0.717) is 17.9 Å². The van der Waals surface area contributed by atoms with Gasteiger partial charge in [0.1, 0.15) is 18.0 Å². The SMILES string of the molecule is C=P(C)(C)CC[C@H]1OC(n2cnc3c(=O)n(C)c(C)nc32)[C@H](O)[C@@H]1O. The van der Waals surface area contributed by atoms with Crippen molar-refractivity contribution in [1.29, 1.82) is 0 Å². The quantitative estimate of drug-likeness (QED) is 0.746. The number of aliphatic hydroxyl groups is 2. The fraction of sp³-hybridized carbons (Fsp3) is 0.625. The van der Waals surface area contributed by atoms with Crippen molar-refractivity contribution < 1.29 is 14.9 Å². The molecule has 0 aliphatic carbocycles. The van der Waals surface area contributed by atoms with Gasteiger partial charge in [-0.15, -0.1) is 13.2 Å². The van der Waals surface area contributed by atoms with Gasteiger partial charge in [-0.2, -0.15) is 0 Å². The molecule has 1 aliphatic rings. The summed E-state index contributed by atoms with van der Waals surface area (Å²) in [7, 11) is 1.63. The van der Waals surface area contributed by atoms with Crippen LogP contribution in [-0.2, 0) is 11.8 Å². The van der Waals surface area contributed by atoms with Gasteiger partial charge in [-0.05, 0) is 32.8 Å². The zero-order valence-electron chi connectivity index (χ0n) is 15.0. The van der Waals surface area contributed by atoms with Gasteiger partial charge in [0.05, 0.1) is 12.4 Å². The molecular weight excluding hydrogens is 343 g/mol. The lowest BCUT2D eigenvalue weighted by Crippen LogP contribution is -2.32. The van der Waals surface area contributed by atoms with E-state index in [0.717, 1.165) is 6.16 Å². The summed E-state index contributed by atoms with van der Waals surface area (Å²) in [6.07, 6.45) is 3.66. The fourth-order valence-corrected chi connectivity index (χ4v) is 3.96. The summed E-state index contributed by atoms with van der Waals surface area (Å²) >= 11 is 0. The molecule has 1 saturated heterocycles. The second-order valence-corrected chi connectivity index (χ2v) is 11.7. The van der Waals surface area contributed by atoms with Crippen molar-refractivity contribution in [3.63, 3.8) is 0 Å². The molecule has 9 heteroatoms. The molecule has 2 aromatic rings. The summed E-state index contributed by atoms with van der Waals surface area (Å²) in [5.74, 6) is 0.535. The smallest absolute Gasteiger partial charge is 0.281 e. The molecule has 1 aliphatic heterocycles. The Bertz CT molecular complexity index is 899. The molecule has 0 spiro atoms. The lowest BCUT2D eigenvalue weighted by Gasteiger charge is -2.18. The van der Waals surface area contributed by atoms with Gasteiger partial charge in [-0.1, -0.05) is 0 Å². The van der Waals surface area contributed by atoms with Gasteiger partial charge < -0.3 is 14.9 Å². The maximum absolute atomic E-state index is 12.3. The first-order chi connectivity index (χ1) is 11.6. The molecule has 0 bridgehead atoms. The number of imidazole rings is 1. The van der Waals surface area contributed by atoms with E-state index < -0.39 is 31.4 Å². The highest BCUT2D eigenvalue weighted by Gasteiger charge is 2.44. The third-order valence-corrected chi connectivity index (χ3v) is 6.13. The molecule has 3 heterocycles. The minimum atomic E-state index is -1.25. The first kappa shape index (κ1) is 18.3. The number of aromatic nitrogens is 4. The van der Waals surface area contributed by atoms with Crippen LogP contribution in [0.25, 0.3) is 11.2 Å². The van der Waals surface area contributed by atoms with Crippen LogP contribution in [0.4, 0.5) is 0 Å². The third-order valence-electron chi connectivity index (χ3n) is 4.66. The van der Waals surface area contributed by atoms with Crippen LogP contribution in [0.3, 0.4) is 0 Å². The number of aryl methyl sites for hydroxylation is 1. The normalized spacial score (nSPS) is 27.3. The molecular formula is C16H25N4O4P. The van der Waals surface area contributed by atoms with E-state index in [-0.39, 0.29) is 11.1 Å². The molecule has 1 fully saturated rings. The van der Waals surface area contributed by atoms with Crippen molar-refractivity contribution in [3.8, 4) is 0 Å². The summed E-state index contributed by atoms with van der Waals surface area (Å²) in [5, 5.41) is 20.8. The predicted octanol–water partition coefficient (Wildman–Crippen LogP) is 0.157. The second kappa shape index (κ2) is 6.36. The number of rotatable bonds is 4. The van der Waals surface area contributed by atoms with Crippen LogP contribution in [0, 0.1) is 6.92 Å². The molecule has 25 heavy (non-hydrogen) atoms. The summed E-state index contributed by atoms with van der Waals surface area (Å²) in [6.45, 7) is 4.71. The number of nitrogens with zero attached hydrogens (tertiary/aromatic N) is 4. The number of aliphatic hydroxyl groups excluding tert-OH is 2. The largest absolute Gasteiger partial charge is 0.388 e. The molecule has 2 N–H and O–H groups in total. The average Bonchev–Trinajstić information content (AvgIpc) is 3.05. The first-order valence-electron chi connectivity index (χ1n) is 8.19. The van der Waals surface area contributed by atoms with Crippen molar-refractivity contribution in [1.82, 2.24) is 19.1 Å². The van der Waals surface area contributed by atoms with Crippen LogP contribution in [0.15, 0.2) is 11.1 Å². The van der Waals surface area contributed by atoms with Crippen LogP contribution < -0.4 is 5.56 Å². The highest BCUT2D eigenvalue weighted by atomic mass is 31.2. The summed E-state index contributed by atoms with van der Waals surface area (Å²) in [4.78, 5) is 20.8. The van der Waals surface area contributed by atoms with Crippen LogP contribution in [-0.4, -0.2) is 73.4 Å². The minimum Gasteiger partial charge on any atom is -0.388 e. The van der Waals surface area contributed by atoms with E-state index in [1.807, 2.05) is 0 Å². The number of hydrogen-bond acceptors (Lipinski definition) is 6. The van der Waals surface area contributed by atoms with Gasteiger partial charge >= 0.3 is 0 Å². The van der Waals surface area contributed by atoms with Gasteiger partial charge in [0.15, 0.2) is 17.4 Å². The molecule has 2 aromatic heterocycles. The Kier molecular flexibility index (Phi) is 4.66. The average molecular weight is 368 g/mol. The summed E-state index contributed by atoms with van der Waals surface area (Å²) < 4.78 is 8.86. The Morgan fingerprint density at radius 2 is 2.04 bits per heavy atom. The Hall–Kier alpha value is -1.47. The van der Waals surface area contributed by atoms with Crippen molar-refractivity contribution >= 4 is 24.3 Å². The molecule has 0 radical (unpaired) electrons. The molecule has 4 atom stereocenters. The minimum absolute atomic E-state index is 0.214. The van der Waals surface area contributed by atoms with E-state index in [9.17, 15) is 15.0 Å².